The zero-order valence-corrected chi connectivity index (χ0v) is 18.9. The van der Waals surface area contributed by atoms with E-state index in [-0.39, 0.29) is 29.1 Å². The van der Waals surface area contributed by atoms with Gasteiger partial charge in [0, 0.05) is 19.2 Å². The number of amides is 1. The van der Waals surface area contributed by atoms with E-state index in [1.807, 2.05) is 6.92 Å². The second-order valence-electron chi connectivity index (χ2n) is 7.28. The minimum absolute atomic E-state index is 0.0284. The highest BCUT2D eigenvalue weighted by molar-refractivity contribution is 6.31. The Morgan fingerprint density at radius 2 is 2.00 bits per heavy atom. The van der Waals surface area contributed by atoms with Gasteiger partial charge in [-0.25, -0.2) is 18.3 Å². The van der Waals surface area contributed by atoms with Crippen LogP contribution < -0.4 is 4.74 Å². The van der Waals surface area contributed by atoms with Crippen LogP contribution in [0.2, 0.25) is 5.02 Å². The minimum Gasteiger partial charge on any atom is -0.496 e. The van der Waals surface area contributed by atoms with E-state index in [4.69, 9.17) is 16.3 Å². The fourth-order valence-electron chi connectivity index (χ4n) is 3.61. The number of carbonyl (C=O) groups is 1. The molecule has 0 atom stereocenters. The molecule has 0 aliphatic heterocycles. The maximum absolute atomic E-state index is 13.9. The molecule has 0 saturated heterocycles. The Balaban J connectivity index is 1.79. The van der Waals surface area contributed by atoms with Crippen LogP contribution >= 0.6 is 11.6 Å². The van der Waals surface area contributed by atoms with Crippen molar-refractivity contribution in [1.82, 2.24) is 29.3 Å². The first-order valence-electron chi connectivity index (χ1n) is 10.1. The lowest BCUT2D eigenvalue weighted by Crippen LogP contribution is -2.27. The second-order valence-corrected chi connectivity index (χ2v) is 7.68. The van der Waals surface area contributed by atoms with E-state index < -0.39 is 12.3 Å². The Labute approximate surface area is 193 Å². The van der Waals surface area contributed by atoms with Crippen LogP contribution in [0, 0.1) is 0 Å². The van der Waals surface area contributed by atoms with E-state index in [9.17, 15) is 13.6 Å². The largest absolute Gasteiger partial charge is 0.496 e. The summed E-state index contributed by atoms with van der Waals surface area (Å²) in [5.74, 6) is 0.0383. The molecule has 0 aliphatic rings. The highest BCUT2D eigenvalue weighted by atomic mass is 35.5. The van der Waals surface area contributed by atoms with Gasteiger partial charge in [0.15, 0.2) is 5.65 Å². The summed E-state index contributed by atoms with van der Waals surface area (Å²) in [7, 11) is 3.08. The predicted molar refractivity (Wildman–Crippen MR) is 119 cm³/mol. The Morgan fingerprint density at radius 1 is 1.24 bits per heavy atom. The van der Waals surface area contributed by atoms with Gasteiger partial charge in [-0.15, -0.1) is 0 Å². The molecule has 11 heteroatoms. The van der Waals surface area contributed by atoms with E-state index in [2.05, 4.69) is 15.2 Å². The molecule has 0 bridgehead atoms. The van der Waals surface area contributed by atoms with Crippen LogP contribution in [-0.4, -0.2) is 49.3 Å². The molecule has 172 valence electrons. The topological polar surface area (TPSA) is 77.6 Å². The first-order valence-corrected chi connectivity index (χ1v) is 10.5. The van der Waals surface area contributed by atoms with Crippen LogP contribution in [0.1, 0.15) is 35.1 Å². The quantitative estimate of drug-likeness (QED) is 0.394. The third-order valence-corrected chi connectivity index (χ3v) is 5.58. The standard InChI is InChI=1S/C22H21ClF2N6O2/c1-4-30-18(15(23)11-26-30)12-29(2)22(32)14-10-27-31-17(20(24)25)9-16(28-21(14)31)13-7-5-6-8-19(13)33-3/h5-11,20H,4,12H2,1-3H3. The molecule has 3 heterocycles. The van der Waals surface area contributed by atoms with E-state index in [1.165, 1.54) is 30.5 Å². The highest BCUT2D eigenvalue weighted by Crippen LogP contribution is 2.32. The summed E-state index contributed by atoms with van der Waals surface area (Å²) in [6, 6.07) is 8.19. The van der Waals surface area contributed by atoms with Gasteiger partial charge in [-0.2, -0.15) is 10.2 Å². The van der Waals surface area contributed by atoms with Gasteiger partial charge in [-0.05, 0) is 25.1 Å². The number of aromatic nitrogens is 5. The number of para-hydroxylation sites is 1. The third-order valence-electron chi connectivity index (χ3n) is 5.27. The monoisotopic (exact) mass is 474 g/mol. The molecule has 8 nitrogen and oxygen atoms in total. The molecule has 4 aromatic rings. The Bertz CT molecular complexity index is 1320. The number of hydrogen-bond donors (Lipinski definition) is 0. The highest BCUT2D eigenvalue weighted by Gasteiger charge is 2.25. The number of rotatable bonds is 7. The lowest BCUT2D eigenvalue weighted by Gasteiger charge is -2.18. The van der Waals surface area contributed by atoms with Gasteiger partial charge in [0.1, 0.15) is 17.0 Å². The number of nitrogens with zero attached hydrogens (tertiary/aromatic N) is 6. The maximum Gasteiger partial charge on any atom is 0.280 e. The van der Waals surface area contributed by atoms with Crippen molar-refractivity contribution in [2.24, 2.45) is 0 Å². The average molecular weight is 475 g/mol. The molecule has 3 aromatic heterocycles. The third kappa shape index (κ3) is 4.13. The number of fused-ring (bicyclic) bond motifs is 1. The summed E-state index contributed by atoms with van der Waals surface area (Å²) >= 11 is 6.22. The van der Waals surface area contributed by atoms with Crippen molar-refractivity contribution in [3.05, 3.63) is 64.7 Å². The molecule has 1 amide bonds. The van der Waals surface area contributed by atoms with Crippen LogP contribution in [0.4, 0.5) is 8.78 Å². The average Bonchev–Trinajstić information content (AvgIpc) is 3.40. The van der Waals surface area contributed by atoms with Crippen LogP contribution in [0.15, 0.2) is 42.7 Å². The molecular formula is C22H21ClF2N6O2. The summed E-state index contributed by atoms with van der Waals surface area (Å²) in [5.41, 5.74) is 1.18. The summed E-state index contributed by atoms with van der Waals surface area (Å²) in [4.78, 5) is 19.2. The summed E-state index contributed by atoms with van der Waals surface area (Å²) in [6.45, 7) is 2.67. The van der Waals surface area contributed by atoms with E-state index >= 15 is 0 Å². The molecule has 0 saturated carbocycles. The first-order chi connectivity index (χ1) is 15.8. The molecule has 4 rings (SSSR count). The normalized spacial score (nSPS) is 11.4. The van der Waals surface area contributed by atoms with Crippen LogP contribution in [0.25, 0.3) is 16.9 Å². The summed E-state index contributed by atoms with van der Waals surface area (Å²) in [6.07, 6.45) is -0.0656. The second kappa shape index (κ2) is 9.14. The number of methoxy groups -OCH3 is 1. The Morgan fingerprint density at radius 3 is 2.70 bits per heavy atom. The van der Waals surface area contributed by atoms with Crippen molar-refractivity contribution in [1.29, 1.82) is 0 Å². The zero-order chi connectivity index (χ0) is 23.7. The smallest absolute Gasteiger partial charge is 0.280 e. The lowest BCUT2D eigenvalue weighted by atomic mass is 10.1. The lowest BCUT2D eigenvalue weighted by molar-refractivity contribution is 0.0783. The van der Waals surface area contributed by atoms with Gasteiger partial charge in [-0.1, -0.05) is 23.7 Å². The molecule has 33 heavy (non-hydrogen) atoms. The van der Waals surface area contributed by atoms with Crippen molar-refractivity contribution in [2.75, 3.05) is 14.2 Å². The van der Waals surface area contributed by atoms with Crippen molar-refractivity contribution in [3.8, 4) is 17.0 Å². The molecule has 0 fully saturated rings. The van der Waals surface area contributed by atoms with E-state index in [0.29, 0.717) is 28.6 Å². The Hall–Kier alpha value is -3.53. The van der Waals surface area contributed by atoms with Crippen molar-refractivity contribution in [2.45, 2.75) is 26.4 Å². The van der Waals surface area contributed by atoms with Crippen LogP contribution in [-0.2, 0) is 13.1 Å². The van der Waals surface area contributed by atoms with Crippen molar-refractivity contribution < 1.29 is 18.3 Å². The summed E-state index contributed by atoms with van der Waals surface area (Å²) in [5, 5.41) is 8.63. The number of ether oxygens (including phenoxy) is 1. The molecule has 0 unspecified atom stereocenters. The fraction of sp³-hybridized carbons (Fsp3) is 0.273. The summed E-state index contributed by atoms with van der Waals surface area (Å²) < 4.78 is 35.8. The number of aryl methyl sites for hydroxylation is 1. The van der Waals surface area contributed by atoms with Crippen molar-refractivity contribution >= 4 is 23.2 Å². The van der Waals surface area contributed by atoms with Gasteiger partial charge in [0.05, 0.1) is 42.5 Å². The number of halogens is 3. The number of carbonyl (C=O) groups excluding carboxylic acids is 1. The zero-order valence-electron chi connectivity index (χ0n) is 18.2. The fourth-order valence-corrected chi connectivity index (χ4v) is 3.81. The minimum atomic E-state index is -2.83. The van der Waals surface area contributed by atoms with Gasteiger partial charge < -0.3 is 9.64 Å². The van der Waals surface area contributed by atoms with Crippen LogP contribution in [0.3, 0.4) is 0 Å². The molecular weight excluding hydrogens is 454 g/mol. The van der Waals surface area contributed by atoms with Crippen LogP contribution in [0.5, 0.6) is 5.75 Å². The number of benzene rings is 1. The number of alkyl halides is 2. The van der Waals surface area contributed by atoms with Crippen molar-refractivity contribution in [3.63, 3.8) is 0 Å². The van der Waals surface area contributed by atoms with E-state index in [0.717, 1.165) is 4.52 Å². The van der Waals surface area contributed by atoms with Gasteiger partial charge >= 0.3 is 0 Å². The Kier molecular flexibility index (Phi) is 6.28. The molecule has 1 aromatic carbocycles. The molecule has 0 spiro atoms. The first kappa shape index (κ1) is 22.7. The van der Waals surface area contributed by atoms with Gasteiger partial charge in [-0.3, -0.25) is 9.48 Å². The molecule has 0 aliphatic carbocycles. The maximum atomic E-state index is 13.9. The predicted octanol–water partition coefficient (Wildman–Crippen LogP) is 4.48. The molecule has 0 radical (unpaired) electrons. The number of hydrogen-bond acceptors (Lipinski definition) is 5. The van der Waals surface area contributed by atoms with Gasteiger partial charge in [0.25, 0.3) is 12.3 Å². The SMILES string of the molecule is CCn1ncc(Cl)c1CN(C)C(=O)c1cnn2c(C(F)F)cc(-c3ccccc3OC)nc12. The molecule has 0 N–H and O–H groups in total. The van der Waals surface area contributed by atoms with Gasteiger partial charge in [0.2, 0.25) is 0 Å². The van der Waals surface area contributed by atoms with E-state index in [1.54, 1.807) is 36.0 Å².